The second-order valence-corrected chi connectivity index (χ2v) is 3.34. The van der Waals surface area contributed by atoms with Crippen LogP contribution in [0.25, 0.3) is 10.4 Å². The van der Waals surface area contributed by atoms with Crippen LogP contribution in [-0.4, -0.2) is 11.7 Å². The molecule has 0 aliphatic carbocycles. The summed E-state index contributed by atoms with van der Waals surface area (Å²) in [6, 6.07) is 4.70. The summed E-state index contributed by atoms with van der Waals surface area (Å²) in [6.45, 7) is 1.66. The molecule has 74 valence electrons. The van der Waals surface area contributed by atoms with Gasteiger partial charge in [-0.1, -0.05) is 22.8 Å². The van der Waals surface area contributed by atoms with Gasteiger partial charge in [0.25, 0.3) is 0 Å². The molecule has 1 unspecified atom stereocenters. The minimum atomic E-state index is -0.530. The number of nitrogens with zero attached hydrogens (tertiary/aromatic N) is 3. The van der Waals surface area contributed by atoms with E-state index in [9.17, 15) is 0 Å². The Morgan fingerprint density at radius 3 is 2.86 bits per heavy atom. The fraction of sp³-hybridized carbons (Fsp3) is 0.333. The molecule has 0 aliphatic rings. The third-order valence-electron chi connectivity index (χ3n) is 1.95. The SMILES string of the molecule is Cc1cc(Cl)ccc1C(CO)N=[N+]=[N-]. The minimum absolute atomic E-state index is 0.202. The van der Waals surface area contributed by atoms with Crippen LogP contribution in [0.4, 0.5) is 0 Å². The van der Waals surface area contributed by atoms with Gasteiger partial charge in [-0.3, -0.25) is 0 Å². The Balaban J connectivity index is 3.10. The predicted octanol–water partition coefficient (Wildman–Crippen LogP) is 2.99. The zero-order valence-corrected chi connectivity index (χ0v) is 8.44. The monoisotopic (exact) mass is 211 g/mol. The van der Waals surface area contributed by atoms with E-state index in [0.29, 0.717) is 5.02 Å². The number of hydrogen-bond donors (Lipinski definition) is 1. The number of rotatable bonds is 3. The van der Waals surface area contributed by atoms with E-state index in [1.54, 1.807) is 18.2 Å². The molecule has 4 nitrogen and oxygen atoms in total. The molecule has 0 saturated heterocycles. The van der Waals surface area contributed by atoms with Crippen LogP contribution in [-0.2, 0) is 0 Å². The number of benzene rings is 1. The van der Waals surface area contributed by atoms with Crippen LogP contribution in [0.5, 0.6) is 0 Å². The number of aliphatic hydroxyl groups is 1. The standard InChI is InChI=1S/C9H10ClN3O/c1-6-4-7(10)2-3-8(6)9(5-14)12-13-11/h2-4,9,14H,5H2,1H3. The lowest BCUT2D eigenvalue weighted by Crippen LogP contribution is -2.02. The van der Waals surface area contributed by atoms with Gasteiger partial charge in [-0.15, -0.1) is 0 Å². The van der Waals surface area contributed by atoms with Crippen molar-refractivity contribution < 1.29 is 5.11 Å². The average Bonchev–Trinajstić information content (AvgIpc) is 2.15. The molecule has 0 aromatic heterocycles. The average molecular weight is 212 g/mol. The van der Waals surface area contributed by atoms with Crippen molar-refractivity contribution in [3.05, 3.63) is 44.8 Å². The summed E-state index contributed by atoms with van der Waals surface area (Å²) in [7, 11) is 0. The number of hydrogen-bond acceptors (Lipinski definition) is 2. The molecule has 1 rings (SSSR count). The highest BCUT2D eigenvalue weighted by Gasteiger charge is 2.10. The highest BCUT2D eigenvalue weighted by Crippen LogP contribution is 2.23. The van der Waals surface area contributed by atoms with Gasteiger partial charge < -0.3 is 5.11 Å². The first-order valence-electron chi connectivity index (χ1n) is 4.10. The second-order valence-electron chi connectivity index (χ2n) is 2.90. The van der Waals surface area contributed by atoms with Gasteiger partial charge in [0.2, 0.25) is 0 Å². The van der Waals surface area contributed by atoms with E-state index in [-0.39, 0.29) is 6.61 Å². The smallest absolute Gasteiger partial charge is 0.0858 e. The maximum atomic E-state index is 9.01. The van der Waals surface area contributed by atoms with Gasteiger partial charge in [-0.25, -0.2) is 0 Å². The molecular weight excluding hydrogens is 202 g/mol. The number of aryl methyl sites for hydroxylation is 1. The Bertz CT molecular complexity index is 374. The Kier molecular flexibility index (Phi) is 3.77. The van der Waals surface area contributed by atoms with Gasteiger partial charge in [0.05, 0.1) is 12.6 Å². The van der Waals surface area contributed by atoms with E-state index in [4.69, 9.17) is 22.2 Å². The third-order valence-corrected chi connectivity index (χ3v) is 2.19. The van der Waals surface area contributed by atoms with Gasteiger partial charge in [-0.05, 0) is 35.7 Å². The van der Waals surface area contributed by atoms with Crippen LogP contribution < -0.4 is 0 Å². The van der Waals surface area contributed by atoms with Crippen molar-refractivity contribution in [2.75, 3.05) is 6.61 Å². The van der Waals surface area contributed by atoms with Crippen molar-refractivity contribution in [2.24, 2.45) is 5.11 Å². The topological polar surface area (TPSA) is 69.0 Å². The van der Waals surface area contributed by atoms with Crippen LogP contribution in [0.15, 0.2) is 23.3 Å². The van der Waals surface area contributed by atoms with Crippen molar-refractivity contribution in [1.82, 2.24) is 0 Å². The maximum Gasteiger partial charge on any atom is 0.0858 e. The zero-order valence-electron chi connectivity index (χ0n) is 7.68. The van der Waals surface area contributed by atoms with Crippen LogP contribution in [0.1, 0.15) is 17.2 Å². The van der Waals surface area contributed by atoms with Crippen LogP contribution in [0.3, 0.4) is 0 Å². The molecule has 0 bridgehead atoms. The lowest BCUT2D eigenvalue weighted by atomic mass is 10.0. The first-order chi connectivity index (χ1) is 6.69. The highest BCUT2D eigenvalue weighted by molar-refractivity contribution is 6.30. The normalized spacial score (nSPS) is 11.9. The molecule has 14 heavy (non-hydrogen) atoms. The van der Waals surface area contributed by atoms with Crippen molar-refractivity contribution >= 4 is 11.6 Å². The molecule has 5 heteroatoms. The van der Waals surface area contributed by atoms with Crippen molar-refractivity contribution in [3.63, 3.8) is 0 Å². The first-order valence-corrected chi connectivity index (χ1v) is 4.48. The highest BCUT2D eigenvalue weighted by atomic mass is 35.5. The molecule has 0 fully saturated rings. The molecule has 0 amide bonds. The minimum Gasteiger partial charge on any atom is -0.396 e. The Hall–Kier alpha value is -1.22. The first kappa shape index (κ1) is 10.9. The molecule has 0 heterocycles. The Morgan fingerprint density at radius 1 is 1.64 bits per heavy atom. The maximum absolute atomic E-state index is 9.01. The van der Waals surface area contributed by atoms with E-state index >= 15 is 0 Å². The summed E-state index contributed by atoms with van der Waals surface area (Å²) in [5, 5.41) is 13.1. The quantitative estimate of drug-likeness (QED) is 0.466. The van der Waals surface area contributed by atoms with Crippen LogP contribution in [0.2, 0.25) is 5.02 Å². The van der Waals surface area contributed by atoms with Gasteiger partial charge in [-0.2, -0.15) is 0 Å². The lowest BCUT2D eigenvalue weighted by Gasteiger charge is -2.11. The molecule has 0 radical (unpaired) electrons. The Labute approximate surface area is 86.8 Å². The molecule has 1 aromatic rings. The van der Waals surface area contributed by atoms with Crippen molar-refractivity contribution in [2.45, 2.75) is 13.0 Å². The van der Waals surface area contributed by atoms with E-state index in [1.165, 1.54) is 0 Å². The van der Waals surface area contributed by atoms with E-state index < -0.39 is 6.04 Å². The molecule has 1 N–H and O–H groups in total. The summed E-state index contributed by atoms with van der Waals surface area (Å²) < 4.78 is 0. The Morgan fingerprint density at radius 2 is 2.36 bits per heavy atom. The fourth-order valence-corrected chi connectivity index (χ4v) is 1.50. The van der Waals surface area contributed by atoms with Crippen LogP contribution in [0, 0.1) is 6.92 Å². The summed E-state index contributed by atoms with van der Waals surface area (Å²) in [5.41, 5.74) is 10.0. The number of halogens is 1. The fourth-order valence-electron chi connectivity index (χ4n) is 1.27. The zero-order chi connectivity index (χ0) is 10.6. The molecular formula is C9H10ClN3O. The molecule has 0 saturated carbocycles. The van der Waals surface area contributed by atoms with Crippen LogP contribution >= 0.6 is 11.6 Å². The number of aliphatic hydroxyl groups excluding tert-OH is 1. The van der Waals surface area contributed by atoms with Crippen molar-refractivity contribution in [3.8, 4) is 0 Å². The molecule has 0 aliphatic heterocycles. The van der Waals surface area contributed by atoms with E-state index in [0.717, 1.165) is 11.1 Å². The third kappa shape index (κ3) is 2.39. The summed E-state index contributed by atoms with van der Waals surface area (Å²) in [6.07, 6.45) is 0. The summed E-state index contributed by atoms with van der Waals surface area (Å²) >= 11 is 5.78. The van der Waals surface area contributed by atoms with Crippen molar-refractivity contribution in [1.29, 1.82) is 0 Å². The van der Waals surface area contributed by atoms with E-state index in [1.807, 2.05) is 6.92 Å². The molecule has 1 aromatic carbocycles. The largest absolute Gasteiger partial charge is 0.396 e. The molecule has 1 atom stereocenters. The van der Waals surface area contributed by atoms with E-state index in [2.05, 4.69) is 10.0 Å². The molecule has 0 spiro atoms. The van der Waals surface area contributed by atoms with Gasteiger partial charge in [0, 0.05) is 9.93 Å². The summed E-state index contributed by atoms with van der Waals surface area (Å²) in [5.74, 6) is 0. The van der Waals surface area contributed by atoms with Gasteiger partial charge >= 0.3 is 0 Å². The summed E-state index contributed by atoms with van der Waals surface area (Å²) in [4.78, 5) is 2.68. The predicted molar refractivity (Wildman–Crippen MR) is 55.2 cm³/mol. The number of azide groups is 1. The van der Waals surface area contributed by atoms with Gasteiger partial charge in [0.15, 0.2) is 0 Å². The lowest BCUT2D eigenvalue weighted by molar-refractivity contribution is 0.267. The second kappa shape index (κ2) is 4.86. The van der Waals surface area contributed by atoms with Gasteiger partial charge in [0.1, 0.15) is 0 Å².